The molecule has 2 N–H and O–H groups in total. The minimum atomic E-state index is 0. The second kappa shape index (κ2) is 13.0. The second-order valence-electron chi connectivity index (χ2n) is 7.82. The maximum absolute atomic E-state index is 6.18. The van der Waals surface area contributed by atoms with E-state index in [2.05, 4.69) is 41.0 Å². The van der Waals surface area contributed by atoms with E-state index in [-0.39, 0.29) is 29.6 Å². The molecule has 170 valence electrons. The highest BCUT2D eigenvalue weighted by Crippen LogP contribution is 2.38. The Labute approximate surface area is 211 Å². The minimum Gasteiger partial charge on any atom is -0.469 e. The van der Waals surface area contributed by atoms with Crippen molar-refractivity contribution in [3.05, 3.63) is 54.5 Å². The number of benzene rings is 1. The van der Waals surface area contributed by atoms with Crippen LogP contribution in [0.25, 0.3) is 0 Å². The van der Waals surface area contributed by atoms with Gasteiger partial charge >= 0.3 is 0 Å². The molecule has 0 bridgehead atoms. The summed E-state index contributed by atoms with van der Waals surface area (Å²) in [6.07, 6.45) is 5.80. The third-order valence-corrected chi connectivity index (χ3v) is 7.75. The van der Waals surface area contributed by atoms with Crippen molar-refractivity contribution >= 4 is 53.5 Å². The number of thioether (sulfide) groups is 2. The number of ether oxygens (including phenoxy) is 1. The molecule has 1 aromatic heterocycles. The van der Waals surface area contributed by atoms with Crippen molar-refractivity contribution in [2.45, 2.75) is 42.2 Å². The maximum atomic E-state index is 6.18. The number of nitrogens with one attached hydrogen (secondary N) is 2. The summed E-state index contributed by atoms with van der Waals surface area (Å²) in [7, 11) is 0. The maximum Gasteiger partial charge on any atom is 0.191 e. The average molecular weight is 574 g/mol. The molecular formula is C23H32IN3O2S2. The van der Waals surface area contributed by atoms with E-state index in [1.54, 1.807) is 6.26 Å². The van der Waals surface area contributed by atoms with Crippen molar-refractivity contribution in [2.75, 3.05) is 37.0 Å². The van der Waals surface area contributed by atoms with Crippen molar-refractivity contribution in [1.82, 2.24) is 10.6 Å². The molecule has 1 aromatic carbocycles. The molecule has 0 saturated carbocycles. The van der Waals surface area contributed by atoms with Crippen LogP contribution in [0.2, 0.25) is 0 Å². The lowest BCUT2D eigenvalue weighted by atomic mass is 9.90. The van der Waals surface area contributed by atoms with Crippen LogP contribution in [-0.4, -0.2) is 54.6 Å². The Bertz CT molecular complexity index is 783. The normalized spacial score (nSPS) is 23.5. The van der Waals surface area contributed by atoms with Gasteiger partial charge in [-0.25, -0.2) is 0 Å². The lowest BCUT2D eigenvalue weighted by Crippen LogP contribution is -2.52. The first-order valence-corrected chi connectivity index (χ1v) is 12.9. The zero-order chi connectivity index (χ0) is 20.5. The van der Waals surface area contributed by atoms with Crippen LogP contribution in [0.4, 0.5) is 0 Å². The van der Waals surface area contributed by atoms with Crippen LogP contribution in [0, 0.1) is 0 Å². The molecule has 2 aromatic rings. The second-order valence-corrected chi connectivity index (χ2v) is 10.1. The van der Waals surface area contributed by atoms with Crippen LogP contribution in [0.3, 0.4) is 0 Å². The van der Waals surface area contributed by atoms with Crippen molar-refractivity contribution < 1.29 is 9.15 Å². The lowest BCUT2D eigenvalue weighted by Gasteiger charge is -2.38. The molecule has 2 saturated heterocycles. The van der Waals surface area contributed by atoms with E-state index >= 15 is 0 Å². The van der Waals surface area contributed by atoms with Crippen molar-refractivity contribution in [2.24, 2.45) is 4.99 Å². The summed E-state index contributed by atoms with van der Waals surface area (Å²) in [5.74, 6) is 5.22. The molecule has 2 fully saturated rings. The Balaban J connectivity index is 0.00000272. The van der Waals surface area contributed by atoms with Crippen LogP contribution in [0.15, 0.2) is 63.0 Å². The lowest BCUT2D eigenvalue weighted by molar-refractivity contribution is -0.0679. The van der Waals surface area contributed by atoms with Gasteiger partial charge in [0.1, 0.15) is 5.76 Å². The number of guanidine groups is 1. The number of aliphatic imine (C=N–C) groups is 1. The molecule has 2 unspecified atom stereocenters. The number of furan rings is 1. The first-order valence-electron chi connectivity index (χ1n) is 10.8. The fourth-order valence-electron chi connectivity index (χ4n) is 3.95. The fourth-order valence-corrected chi connectivity index (χ4v) is 6.12. The molecule has 0 radical (unpaired) electrons. The molecule has 3 heterocycles. The molecule has 0 amide bonds. The van der Waals surface area contributed by atoms with Gasteiger partial charge in [-0.3, -0.25) is 4.99 Å². The Hall–Kier alpha value is -0.840. The third kappa shape index (κ3) is 7.91. The molecule has 8 heteroatoms. The molecule has 2 atom stereocenters. The first-order chi connectivity index (χ1) is 14.8. The minimum absolute atomic E-state index is 0. The molecule has 4 rings (SSSR count). The van der Waals surface area contributed by atoms with Gasteiger partial charge in [0.25, 0.3) is 0 Å². The van der Waals surface area contributed by atoms with Gasteiger partial charge in [0, 0.05) is 48.6 Å². The third-order valence-electron chi connectivity index (χ3n) is 5.52. The fraction of sp³-hybridized carbons (Fsp3) is 0.522. The van der Waals surface area contributed by atoms with Gasteiger partial charge in [0.15, 0.2) is 5.96 Å². The standard InChI is InChI=1S/C23H31N3O2S2.HI/c1-2-6-21(7-3-1)30-16-12-25-22(24-11-8-20-5-4-13-27-20)26-19-9-14-28-23(17-19)10-15-29-18-23;/h1-7,13,19H,8-12,14-18H2,(H2,24,25,26);1H. The van der Waals surface area contributed by atoms with E-state index in [1.165, 1.54) is 17.1 Å². The summed E-state index contributed by atoms with van der Waals surface area (Å²) < 4.78 is 11.6. The largest absolute Gasteiger partial charge is 0.469 e. The van der Waals surface area contributed by atoms with Gasteiger partial charge < -0.3 is 19.8 Å². The van der Waals surface area contributed by atoms with Crippen LogP contribution in [0.1, 0.15) is 25.0 Å². The Morgan fingerprint density at radius 1 is 1.23 bits per heavy atom. The van der Waals surface area contributed by atoms with E-state index in [9.17, 15) is 0 Å². The predicted molar refractivity (Wildman–Crippen MR) is 142 cm³/mol. The van der Waals surface area contributed by atoms with Gasteiger partial charge in [-0.1, -0.05) is 18.2 Å². The summed E-state index contributed by atoms with van der Waals surface area (Å²) in [5.41, 5.74) is 0.0724. The zero-order valence-electron chi connectivity index (χ0n) is 17.8. The Morgan fingerprint density at radius 2 is 2.13 bits per heavy atom. The molecule has 0 aliphatic carbocycles. The van der Waals surface area contributed by atoms with Crippen LogP contribution in [-0.2, 0) is 11.2 Å². The number of rotatable bonds is 8. The summed E-state index contributed by atoms with van der Waals surface area (Å²) in [6, 6.07) is 14.9. The molecule has 5 nitrogen and oxygen atoms in total. The smallest absolute Gasteiger partial charge is 0.191 e. The molecular weight excluding hydrogens is 541 g/mol. The number of hydrogen-bond donors (Lipinski definition) is 2. The summed E-state index contributed by atoms with van der Waals surface area (Å²) in [4.78, 5) is 6.13. The number of nitrogens with zero attached hydrogens (tertiary/aromatic N) is 1. The quantitative estimate of drug-likeness (QED) is 0.155. The first kappa shape index (κ1) is 24.8. The van der Waals surface area contributed by atoms with Gasteiger partial charge in [0.05, 0.1) is 11.9 Å². The molecule has 2 aliphatic heterocycles. The van der Waals surface area contributed by atoms with Crippen LogP contribution < -0.4 is 10.6 Å². The topological polar surface area (TPSA) is 58.8 Å². The van der Waals surface area contributed by atoms with Crippen LogP contribution in [0.5, 0.6) is 0 Å². The number of hydrogen-bond acceptors (Lipinski definition) is 5. The van der Waals surface area contributed by atoms with E-state index in [1.807, 2.05) is 35.7 Å². The highest BCUT2D eigenvalue weighted by atomic mass is 127. The van der Waals surface area contributed by atoms with Gasteiger partial charge in [-0.05, 0) is 49.3 Å². The SMILES string of the molecule is I.c1ccc(SCCNC(=NCCc2ccco2)NC2CCOC3(CCSC3)C2)cc1. The molecule has 31 heavy (non-hydrogen) atoms. The van der Waals surface area contributed by atoms with E-state index in [4.69, 9.17) is 14.1 Å². The van der Waals surface area contributed by atoms with Crippen molar-refractivity contribution in [3.8, 4) is 0 Å². The van der Waals surface area contributed by atoms with Crippen LogP contribution >= 0.6 is 47.5 Å². The summed E-state index contributed by atoms with van der Waals surface area (Å²) >= 11 is 3.88. The van der Waals surface area contributed by atoms with E-state index in [0.717, 1.165) is 55.6 Å². The zero-order valence-corrected chi connectivity index (χ0v) is 21.7. The Morgan fingerprint density at radius 3 is 2.90 bits per heavy atom. The molecule has 1 spiro atoms. The van der Waals surface area contributed by atoms with Crippen molar-refractivity contribution in [1.29, 1.82) is 0 Å². The summed E-state index contributed by atoms with van der Waals surface area (Å²) in [6.45, 7) is 2.41. The van der Waals surface area contributed by atoms with Crippen molar-refractivity contribution in [3.63, 3.8) is 0 Å². The average Bonchev–Trinajstić information content (AvgIpc) is 3.44. The predicted octanol–water partition coefficient (Wildman–Crippen LogP) is 4.82. The van der Waals surface area contributed by atoms with E-state index < -0.39 is 0 Å². The Kier molecular flexibility index (Phi) is 10.4. The van der Waals surface area contributed by atoms with Gasteiger partial charge in [0.2, 0.25) is 0 Å². The van der Waals surface area contributed by atoms with Gasteiger partial charge in [-0.2, -0.15) is 11.8 Å². The van der Waals surface area contributed by atoms with Gasteiger partial charge in [-0.15, -0.1) is 35.7 Å². The molecule has 2 aliphatic rings. The van der Waals surface area contributed by atoms with E-state index in [0.29, 0.717) is 12.6 Å². The highest BCUT2D eigenvalue weighted by Gasteiger charge is 2.40. The number of halogens is 1. The highest BCUT2D eigenvalue weighted by molar-refractivity contribution is 14.0. The monoisotopic (exact) mass is 573 g/mol. The summed E-state index contributed by atoms with van der Waals surface area (Å²) in [5, 5.41) is 7.23.